The number of carbonyl (C=O) groups is 2. The van der Waals surface area contributed by atoms with E-state index in [4.69, 9.17) is 10.5 Å². The molecule has 1 aliphatic rings. The maximum Gasteiger partial charge on any atom is 0.341 e. The van der Waals surface area contributed by atoms with Crippen LogP contribution in [0, 0.1) is 0 Å². The highest BCUT2D eigenvalue weighted by molar-refractivity contribution is 7.17. The molecule has 0 saturated carbocycles. The van der Waals surface area contributed by atoms with Crippen LogP contribution in [0.4, 0.5) is 5.00 Å². The summed E-state index contributed by atoms with van der Waals surface area (Å²) < 4.78 is 5.13. The SMILES string of the molecule is CCOC(=O)c1c(NC(=O)CCN)sc2c1CCCC2. The van der Waals surface area contributed by atoms with Crippen molar-refractivity contribution in [2.45, 2.75) is 39.0 Å². The van der Waals surface area contributed by atoms with Crippen LogP contribution in [0.15, 0.2) is 0 Å². The van der Waals surface area contributed by atoms with Crippen LogP contribution in [0.5, 0.6) is 0 Å². The Balaban J connectivity index is 2.31. The first-order chi connectivity index (χ1) is 9.67. The molecule has 0 aromatic carbocycles. The van der Waals surface area contributed by atoms with Crippen molar-refractivity contribution in [1.82, 2.24) is 0 Å². The lowest BCUT2D eigenvalue weighted by atomic mass is 9.95. The van der Waals surface area contributed by atoms with Gasteiger partial charge in [-0.25, -0.2) is 4.79 Å². The molecule has 110 valence electrons. The molecule has 0 saturated heterocycles. The molecule has 1 aliphatic carbocycles. The zero-order chi connectivity index (χ0) is 14.5. The molecule has 0 aliphatic heterocycles. The molecule has 1 heterocycles. The molecule has 0 bridgehead atoms. The molecule has 0 radical (unpaired) electrons. The Hall–Kier alpha value is -1.40. The number of anilines is 1. The molecular weight excluding hydrogens is 276 g/mol. The van der Waals surface area contributed by atoms with Gasteiger partial charge in [0.1, 0.15) is 5.00 Å². The zero-order valence-corrected chi connectivity index (χ0v) is 12.5. The summed E-state index contributed by atoms with van der Waals surface area (Å²) in [4.78, 5) is 25.1. The number of nitrogens with two attached hydrogens (primary N) is 1. The summed E-state index contributed by atoms with van der Waals surface area (Å²) in [5, 5.41) is 3.43. The number of hydrogen-bond acceptors (Lipinski definition) is 5. The van der Waals surface area contributed by atoms with E-state index in [1.165, 1.54) is 16.2 Å². The maximum atomic E-state index is 12.1. The van der Waals surface area contributed by atoms with Crippen molar-refractivity contribution in [3.63, 3.8) is 0 Å². The first-order valence-electron chi connectivity index (χ1n) is 6.99. The molecule has 1 aromatic rings. The predicted molar refractivity (Wildman–Crippen MR) is 79.2 cm³/mol. The van der Waals surface area contributed by atoms with E-state index in [2.05, 4.69) is 5.32 Å². The molecule has 0 atom stereocenters. The second-order valence-electron chi connectivity index (χ2n) is 4.72. The summed E-state index contributed by atoms with van der Waals surface area (Å²) in [6.07, 6.45) is 4.31. The largest absolute Gasteiger partial charge is 0.462 e. The number of esters is 1. The van der Waals surface area contributed by atoms with Gasteiger partial charge < -0.3 is 15.8 Å². The average molecular weight is 296 g/mol. The minimum atomic E-state index is -0.338. The Labute approximate surface area is 122 Å². The van der Waals surface area contributed by atoms with Crippen LogP contribution in [0.25, 0.3) is 0 Å². The third kappa shape index (κ3) is 3.19. The average Bonchev–Trinajstić information content (AvgIpc) is 2.76. The number of amides is 1. The van der Waals surface area contributed by atoms with Crippen molar-refractivity contribution < 1.29 is 14.3 Å². The van der Waals surface area contributed by atoms with E-state index < -0.39 is 0 Å². The highest BCUT2D eigenvalue weighted by Gasteiger charge is 2.26. The van der Waals surface area contributed by atoms with Crippen LogP contribution in [-0.4, -0.2) is 25.0 Å². The third-order valence-electron chi connectivity index (χ3n) is 3.28. The number of ether oxygens (including phenoxy) is 1. The fourth-order valence-corrected chi connectivity index (χ4v) is 3.69. The Bertz CT molecular complexity index is 511. The second kappa shape index (κ2) is 6.85. The van der Waals surface area contributed by atoms with Gasteiger partial charge in [0, 0.05) is 17.8 Å². The first-order valence-corrected chi connectivity index (χ1v) is 7.80. The van der Waals surface area contributed by atoms with Gasteiger partial charge in [-0.1, -0.05) is 0 Å². The van der Waals surface area contributed by atoms with Crippen molar-refractivity contribution in [3.05, 3.63) is 16.0 Å². The van der Waals surface area contributed by atoms with E-state index in [-0.39, 0.29) is 18.3 Å². The highest BCUT2D eigenvalue weighted by atomic mass is 32.1. The number of carbonyl (C=O) groups excluding carboxylic acids is 2. The quantitative estimate of drug-likeness (QED) is 0.815. The Kier molecular flexibility index (Phi) is 5.14. The molecular formula is C14H20N2O3S. The summed E-state index contributed by atoms with van der Waals surface area (Å²) in [5.74, 6) is -0.494. The van der Waals surface area contributed by atoms with Crippen molar-refractivity contribution in [2.24, 2.45) is 5.73 Å². The van der Waals surface area contributed by atoms with Crippen molar-refractivity contribution >= 4 is 28.2 Å². The predicted octanol–water partition coefficient (Wildman–Crippen LogP) is 2.09. The molecule has 2 rings (SSSR count). The molecule has 1 amide bonds. The minimum Gasteiger partial charge on any atom is -0.462 e. The van der Waals surface area contributed by atoms with Gasteiger partial charge in [-0.15, -0.1) is 11.3 Å². The zero-order valence-electron chi connectivity index (χ0n) is 11.7. The lowest BCUT2D eigenvalue weighted by molar-refractivity contribution is -0.116. The Morgan fingerprint density at radius 3 is 2.80 bits per heavy atom. The van der Waals surface area contributed by atoms with Gasteiger partial charge in [-0.3, -0.25) is 4.79 Å². The fraction of sp³-hybridized carbons (Fsp3) is 0.571. The van der Waals surface area contributed by atoms with Gasteiger partial charge in [0.05, 0.1) is 12.2 Å². The molecule has 3 N–H and O–H groups in total. The van der Waals surface area contributed by atoms with Crippen LogP contribution < -0.4 is 11.1 Å². The lowest BCUT2D eigenvalue weighted by Gasteiger charge is -2.12. The molecule has 5 nitrogen and oxygen atoms in total. The van der Waals surface area contributed by atoms with E-state index in [1.807, 2.05) is 0 Å². The highest BCUT2D eigenvalue weighted by Crippen LogP contribution is 2.38. The smallest absolute Gasteiger partial charge is 0.341 e. The first kappa shape index (κ1) is 15.0. The van der Waals surface area contributed by atoms with Gasteiger partial charge in [-0.2, -0.15) is 0 Å². The number of fused-ring (bicyclic) bond motifs is 1. The van der Waals surface area contributed by atoms with Crippen molar-refractivity contribution in [3.8, 4) is 0 Å². The van der Waals surface area contributed by atoms with Crippen LogP contribution in [-0.2, 0) is 22.4 Å². The standard InChI is InChI=1S/C14H20N2O3S/c1-2-19-14(18)12-9-5-3-4-6-10(9)20-13(12)16-11(17)7-8-15/h2-8,15H2,1H3,(H,16,17). The van der Waals surface area contributed by atoms with E-state index in [1.54, 1.807) is 6.92 Å². The van der Waals surface area contributed by atoms with Gasteiger partial charge in [-0.05, 0) is 38.2 Å². The second-order valence-corrected chi connectivity index (χ2v) is 5.83. The maximum absolute atomic E-state index is 12.1. The molecule has 6 heteroatoms. The molecule has 0 fully saturated rings. The van der Waals surface area contributed by atoms with Crippen LogP contribution >= 0.6 is 11.3 Å². The van der Waals surface area contributed by atoms with Crippen molar-refractivity contribution in [2.75, 3.05) is 18.5 Å². The summed E-state index contributed by atoms with van der Waals surface area (Å²) in [5.41, 5.74) is 6.99. The minimum absolute atomic E-state index is 0.156. The summed E-state index contributed by atoms with van der Waals surface area (Å²) in [6.45, 7) is 2.41. The summed E-state index contributed by atoms with van der Waals surface area (Å²) >= 11 is 1.50. The lowest BCUT2D eigenvalue weighted by Crippen LogP contribution is -2.18. The molecule has 20 heavy (non-hydrogen) atoms. The Morgan fingerprint density at radius 2 is 2.10 bits per heavy atom. The number of thiophene rings is 1. The van der Waals surface area contributed by atoms with Crippen LogP contribution in [0.2, 0.25) is 0 Å². The topological polar surface area (TPSA) is 81.4 Å². The van der Waals surface area contributed by atoms with Gasteiger partial charge in [0.2, 0.25) is 5.91 Å². The Morgan fingerprint density at radius 1 is 1.35 bits per heavy atom. The molecule has 0 unspecified atom stereocenters. The van der Waals surface area contributed by atoms with Gasteiger partial charge in [0.25, 0.3) is 0 Å². The third-order valence-corrected chi connectivity index (χ3v) is 4.48. The monoisotopic (exact) mass is 296 g/mol. The van der Waals surface area contributed by atoms with Crippen LogP contribution in [0.1, 0.15) is 47.0 Å². The summed E-state index contributed by atoms with van der Waals surface area (Å²) in [6, 6.07) is 0. The normalized spacial score (nSPS) is 13.7. The van der Waals surface area contributed by atoms with Crippen LogP contribution in [0.3, 0.4) is 0 Å². The number of nitrogens with one attached hydrogen (secondary N) is 1. The van der Waals surface area contributed by atoms with Gasteiger partial charge in [0.15, 0.2) is 0 Å². The number of rotatable bonds is 5. The van der Waals surface area contributed by atoms with E-state index in [0.29, 0.717) is 23.7 Å². The molecule has 0 spiro atoms. The van der Waals surface area contributed by atoms with Gasteiger partial charge >= 0.3 is 5.97 Å². The fourth-order valence-electron chi connectivity index (χ4n) is 2.39. The number of aryl methyl sites for hydroxylation is 1. The van der Waals surface area contributed by atoms with E-state index in [9.17, 15) is 9.59 Å². The molecule has 1 aromatic heterocycles. The van der Waals surface area contributed by atoms with E-state index in [0.717, 1.165) is 31.2 Å². The van der Waals surface area contributed by atoms with E-state index >= 15 is 0 Å². The summed E-state index contributed by atoms with van der Waals surface area (Å²) in [7, 11) is 0. The number of hydrogen-bond donors (Lipinski definition) is 2. The van der Waals surface area contributed by atoms with Crippen molar-refractivity contribution in [1.29, 1.82) is 0 Å².